The fraction of sp³-hybridized carbons (Fsp3) is 0.125. The van der Waals surface area contributed by atoms with Gasteiger partial charge in [0.2, 0.25) is 0 Å². The zero-order valence-corrected chi connectivity index (χ0v) is 6.85. The number of rotatable bonds is 1. The molecule has 2 nitrogen and oxygen atoms in total. The van der Waals surface area contributed by atoms with Crippen molar-refractivity contribution in [3.8, 4) is 0 Å². The van der Waals surface area contributed by atoms with Crippen LogP contribution in [0.15, 0.2) is 18.2 Å². The predicted molar refractivity (Wildman–Crippen MR) is 45.9 cm³/mol. The Morgan fingerprint density at radius 3 is 2.64 bits per heavy atom. The maximum atomic E-state index is 10.8. The molecule has 2 N–H and O–H groups in total. The van der Waals surface area contributed by atoms with Crippen LogP contribution in [-0.2, 0) is 0 Å². The number of nitrogen functional groups attached to an aromatic ring is 1. The van der Waals surface area contributed by atoms with Gasteiger partial charge in [-0.25, -0.2) is 0 Å². The van der Waals surface area contributed by atoms with E-state index in [2.05, 4.69) is 0 Å². The van der Waals surface area contributed by atoms with Gasteiger partial charge >= 0.3 is 0 Å². The first-order chi connectivity index (χ1) is 5.11. The lowest BCUT2D eigenvalue weighted by atomic mass is 10.1. The number of carbonyl (C=O) groups is 1. The summed E-state index contributed by atoms with van der Waals surface area (Å²) in [7, 11) is 0. The number of benzene rings is 1. The number of hydrogen-bond donors (Lipinski definition) is 1. The van der Waals surface area contributed by atoms with E-state index in [0.717, 1.165) is 0 Å². The highest BCUT2D eigenvalue weighted by Gasteiger charge is 2.01. The minimum Gasteiger partial charge on any atom is -0.398 e. The Labute approximate surface area is 70.0 Å². The summed E-state index contributed by atoms with van der Waals surface area (Å²) in [5, 5.41) is 0.428. The molecule has 0 fully saturated rings. The van der Waals surface area contributed by atoms with Crippen LogP contribution < -0.4 is 5.73 Å². The number of Topliss-reactive ketones (excluding diaryl/α,β-unsaturated/α-hetero) is 1. The van der Waals surface area contributed by atoms with Gasteiger partial charge < -0.3 is 5.73 Å². The van der Waals surface area contributed by atoms with Gasteiger partial charge in [-0.2, -0.15) is 0 Å². The number of carbonyl (C=O) groups excluding carboxylic acids is 1. The number of halogens is 1. The van der Waals surface area contributed by atoms with E-state index in [-0.39, 0.29) is 5.78 Å². The lowest BCUT2D eigenvalue weighted by molar-refractivity contribution is 0.101. The molecule has 0 spiro atoms. The minimum absolute atomic E-state index is 0.00750. The van der Waals surface area contributed by atoms with Gasteiger partial charge in [-0.1, -0.05) is 11.6 Å². The van der Waals surface area contributed by atoms with Crippen molar-refractivity contribution in [2.45, 2.75) is 6.92 Å². The van der Waals surface area contributed by atoms with Crippen LogP contribution in [0, 0.1) is 0 Å². The van der Waals surface area contributed by atoms with Gasteiger partial charge in [0.25, 0.3) is 0 Å². The lowest BCUT2D eigenvalue weighted by Gasteiger charge is -1.98. The molecule has 0 aromatic heterocycles. The molecule has 1 aromatic carbocycles. The first-order valence-electron chi connectivity index (χ1n) is 3.17. The van der Waals surface area contributed by atoms with Crippen LogP contribution >= 0.6 is 11.6 Å². The number of hydrogen-bond acceptors (Lipinski definition) is 2. The van der Waals surface area contributed by atoms with Gasteiger partial charge in [0.1, 0.15) is 0 Å². The topological polar surface area (TPSA) is 43.1 Å². The third-order valence-electron chi connectivity index (χ3n) is 1.41. The van der Waals surface area contributed by atoms with Crippen LogP contribution in [-0.4, -0.2) is 5.78 Å². The predicted octanol–water partition coefficient (Wildman–Crippen LogP) is 2.12. The van der Waals surface area contributed by atoms with E-state index in [1.54, 1.807) is 18.2 Å². The third kappa shape index (κ3) is 1.71. The van der Waals surface area contributed by atoms with E-state index in [4.69, 9.17) is 17.3 Å². The van der Waals surface area contributed by atoms with E-state index in [0.29, 0.717) is 16.3 Å². The largest absolute Gasteiger partial charge is 0.398 e. The molecule has 3 heteroatoms. The van der Waals surface area contributed by atoms with E-state index >= 15 is 0 Å². The fourth-order valence-electron chi connectivity index (χ4n) is 0.746. The molecule has 11 heavy (non-hydrogen) atoms. The van der Waals surface area contributed by atoms with Crippen LogP contribution in [0.4, 0.5) is 5.69 Å². The van der Waals surface area contributed by atoms with E-state index in [1.807, 2.05) is 0 Å². The molecular weight excluding hydrogens is 162 g/mol. The van der Waals surface area contributed by atoms with Crippen molar-refractivity contribution in [1.29, 1.82) is 0 Å². The SMILES string of the molecule is CC(=O)c1ccc(N)c(Cl)c1. The number of anilines is 1. The van der Waals surface area contributed by atoms with E-state index in [1.165, 1.54) is 6.92 Å². The second-order valence-corrected chi connectivity index (χ2v) is 2.70. The normalized spacial score (nSPS) is 9.64. The van der Waals surface area contributed by atoms with Crippen LogP contribution in [0.1, 0.15) is 17.3 Å². The average Bonchev–Trinajstić information content (AvgIpc) is 1.94. The molecule has 0 heterocycles. The van der Waals surface area contributed by atoms with Crippen molar-refractivity contribution in [2.75, 3.05) is 5.73 Å². The van der Waals surface area contributed by atoms with Crippen LogP contribution in [0.2, 0.25) is 5.02 Å². The molecule has 1 rings (SSSR count). The molecule has 0 amide bonds. The van der Waals surface area contributed by atoms with Crippen LogP contribution in [0.5, 0.6) is 0 Å². The van der Waals surface area contributed by atoms with E-state index < -0.39 is 0 Å². The summed E-state index contributed by atoms with van der Waals surface area (Å²) in [4.78, 5) is 10.8. The molecule has 1 aromatic rings. The summed E-state index contributed by atoms with van der Waals surface area (Å²) in [6.07, 6.45) is 0. The fourth-order valence-corrected chi connectivity index (χ4v) is 0.927. The molecule has 0 saturated carbocycles. The maximum absolute atomic E-state index is 10.8. The lowest BCUT2D eigenvalue weighted by Crippen LogP contribution is -1.93. The second kappa shape index (κ2) is 2.93. The Morgan fingerprint density at radius 2 is 2.18 bits per heavy atom. The highest BCUT2D eigenvalue weighted by atomic mass is 35.5. The summed E-state index contributed by atoms with van der Waals surface area (Å²) in [6, 6.07) is 4.85. The molecule has 0 aliphatic heterocycles. The molecule has 0 aliphatic carbocycles. The Morgan fingerprint density at radius 1 is 1.55 bits per heavy atom. The highest BCUT2D eigenvalue weighted by molar-refractivity contribution is 6.33. The number of ketones is 1. The van der Waals surface area contributed by atoms with Gasteiger partial charge in [-0.15, -0.1) is 0 Å². The Balaban J connectivity index is 3.15. The molecule has 58 valence electrons. The molecule has 0 radical (unpaired) electrons. The quantitative estimate of drug-likeness (QED) is 0.517. The van der Waals surface area contributed by atoms with Gasteiger partial charge in [0.05, 0.1) is 10.7 Å². The first-order valence-corrected chi connectivity index (χ1v) is 3.55. The molecule has 0 atom stereocenters. The monoisotopic (exact) mass is 169 g/mol. The summed E-state index contributed by atoms with van der Waals surface area (Å²) >= 11 is 5.68. The maximum Gasteiger partial charge on any atom is 0.159 e. The highest BCUT2D eigenvalue weighted by Crippen LogP contribution is 2.19. The molecule has 0 unspecified atom stereocenters. The Kier molecular flexibility index (Phi) is 2.15. The van der Waals surface area contributed by atoms with Gasteiger partial charge in [0, 0.05) is 5.56 Å². The standard InChI is InChI=1S/C8H8ClNO/c1-5(11)6-2-3-8(10)7(9)4-6/h2-4H,10H2,1H3. The summed E-state index contributed by atoms with van der Waals surface area (Å²) in [6.45, 7) is 1.49. The third-order valence-corrected chi connectivity index (χ3v) is 1.73. The molecule has 0 saturated heterocycles. The van der Waals surface area contributed by atoms with Crippen molar-refractivity contribution in [2.24, 2.45) is 0 Å². The number of nitrogens with two attached hydrogens (primary N) is 1. The van der Waals surface area contributed by atoms with Crippen molar-refractivity contribution in [3.63, 3.8) is 0 Å². The van der Waals surface area contributed by atoms with Crippen molar-refractivity contribution in [3.05, 3.63) is 28.8 Å². The molecule has 0 bridgehead atoms. The van der Waals surface area contributed by atoms with Crippen molar-refractivity contribution in [1.82, 2.24) is 0 Å². The van der Waals surface area contributed by atoms with Crippen LogP contribution in [0.3, 0.4) is 0 Å². The zero-order chi connectivity index (χ0) is 8.43. The Hall–Kier alpha value is -1.02. The summed E-state index contributed by atoms with van der Waals surface area (Å²) in [5.41, 5.74) is 6.53. The zero-order valence-electron chi connectivity index (χ0n) is 6.10. The van der Waals surface area contributed by atoms with Gasteiger partial charge in [0.15, 0.2) is 5.78 Å². The summed E-state index contributed by atoms with van der Waals surface area (Å²) < 4.78 is 0. The smallest absolute Gasteiger partial charge is 0.159 e. The average molecular weight is 170 g/mol. The van der Waals surface area contributed by atoms with Crippen LogP contribution in [0.25, 0.3) is 0 Å². The first kappa shape index (κ1) is 8.08. The molecule has 0 aliphatic rings. The van der Waals surface area contributed by atoms with E-state index in [9.17, 15) is 4.79 Å². The summed E-state index contributed by atoms with van der Waals surface area (Å²) in [5.74, 6) is -0.00750. The Bertz CT molecular complexity index is 296. The van der Waals surface area contributed by atoms with Gasteiger partial charge in [-0.05, 0) is 25.1 Å². The van der Waals surface area contributed by atoms with Crippen molar-refractivity contribution >= 4 is 23.1 Å². The second-order valence-electron chi connectivity index (χ2n) is 2.29. The molecular formula is C8H8ClNO. The van der Waals surface area contributed by atoms with Gasteiger partial charge in [-0.3, -0.25) is 4.79 Å². The van der Waals surface area contributed by atoms with Crippen molar-refractivity contribution < 1.29 is 4.79 Å². The minimum atomic E-state index is -0.00750.